The fraction of sp³-hybridized carbons (Fsp3) is 0.318. The zero-order valence-corrected chi connectivity index (χ0v) is 17.1. The number of nitrogens with one attached hydrogen (secondary N) is 1. The number of para-hydroxylation sites is 1. The van der Waals surface area contributed by atoms with E-state index < -0.39 is 15.9 Å². The van der Waals surface area contributed by atoms with Crippen LogP contribution in [0.15, 0.2) is 59.5 Å². The van der Waals surface area contributed by atoms with Crippen LogP contribution in [0.3, 0.4) is 0 Å². The van der Waals surface area contributed by atoms with Crippen LogP contribution < -0.4 is 0 Å². The van der Waals surface area contributed by atoms with E-state index in [1.54, 1.807) is 37.3 Å². The van der Waals surface area contributed by atoms with Crippen molar-refractivity contribution in [1.29, 1.82) is 0 Å². The lowest BCUT2D eigenvalue weighted by atomic mass is 9.94. The zero-order valence-electron chi connectivity index (χ0n) is 16.3. The first kappa shape index (κ1) is 19.7. The molecule has 0 aliphatic carbocycles. The van der Waals surface area contributed by atoms with Crippen molar-refractivity contribution < 1.29 is 17.9 Å². The van der Waals surface area contributed by atoms with Crippen molar-refractivity contribution >= 4 is 26.9 Å². The largest absolute Gasteiger partial charge is 0.465 e. The molecule has 0 bridgehead atoms. The topological polar surface area (TPSA) is 79.5 Å². The number of hydrogen-bond acceptors (Lipinski definition) is 4. The molecule has 29 heavy (non-hydrogen) atoms. The minimum Gasteiger partial charge on any atom is -0.465 e. The van der Waals surface area contributed by atoms with Crippen LogP contribution in [0.5, 0.6) is 0 Å². The molecule has 152 valence electrons. The minimum atomic E-state index is -3.63. The van der Waals surface area contributed by atoms with E-state index in [1.165, 1.54) is 4.31 Å². The number of hydrogen-bond donors (Lipinski definition) is 1. The molecule has 4 rings (SSSR count). The van der Waals surface area contributed by atoms with Crippen LogP contribution in [-0.2, 0) is 26.0 Å². The summed E-state index contributed by atoms with van der Waals surface area (Å²) in [5, 5.41) is 1.02. The van der Waals surface area contributed by atoms with E-state index in [4.69, 9.17) is 4.74 Å². The number of benzene rings is 2. The summed E-state index contributed by atoms with van der Waals surface area (Å²) in [4.78, 5) is 16.4. The van der Waals surface area contributed by atoms with Crippen molar-refractivity contribution in [2.24, 2.45) is 0 Å². The third-order valence-electron chi connectivity index (χ3n) is 5.43. The molecule has 1 unspecified atom stereocenters. The number of nitrogens with zero attached hydrogens (tertiary/aromatic N) is 1. The van der Waals surface area contributed by atoms with Crippen molar-refractivity contribution in [3.8, 4) is 0 Å². The number of rotatable bonds is 4. The normalized spacial score (nSPS) is 18.0. The maximum absolute atomic E-state index is 13.2. The molecule has 1 N–H and O–H groups in total. The molecule has 6 nitrogen and oxygen atoms in total. The second kappa shape index (κ2) is 8.00. The van der Waals surface area contributed by atoms with Gasteiger partial charge in [0.1, 0.15) is 0 Å². The molecule has 2 aromatic carbocycles. The molecule has 0 fully saturated rings. The third kappa shape index (κ3) is 3.68. The third-order valence-corrected chi connectivity index (χ3v) is 7.34. The maximum Gasteiger partial charge on any atom is 0.314 e. The van der Waals surface area contributed by atoms with E-state index in [2.05, 4.69) is 4.98 Å². The number of carbonyl (C=O) groups excluding carboxylic acids is 1. The number of aromatic amines is 1. The predicted octanol–water partition coefficient (Wildman–Crippen LogP) is 3.45. The smallest absolute Gasteiger partial charge is 0.314 e. The Morgan fingerprint density at radius 3 is 2.59 bits per heavy atom. The number of H-pyrrole nitrogens is 1. The van der Waals surface area contributed by atoms with Gasteiger partial charge in [-0.05, 0) is 43.5 Å². The summed E-state index contributed by atoms with van der Waals surface area (Å²) < 4.78 is 33.1. The lowest BCUT2D eigenvalue weighted by Crippen LogP contribution is -2.37. The van der Waals surface area contributed by atoms with Gasteiger partial charge in [0, 0.05) is 29.7 Å². The molecule has 0 amide bonds. The molecular weight excluding hydrogens is 388 g/mol. The molecule has 0 saturated heterocycles. The van der Waals surface area contributed by atoms with E-state index in [1.807, 2.05) is 24.3 Å². The number of fused-ring (bicyclic) bond motifs is 3. The first-order valence-corrected chi connectivity index (χ1v) is 11.3. The lowest BCUT2D eigenvalue weighted by molar-refractivity contribution is -0.145. The Labute approximate surface area is 170 Å². The maximum atomic E-state index is 13.2. The van der Waals surface area contributed by atoms with Gasteiger partial charge in [-0.15, -0.1) is 0 Å². The molecule has 1 atom stereocenters. The van der Waals surface area contributed by atoms with Crippen LogP contribution in [0.25, 0.3) is 10.9 Å². The highest BCUT2D eigenvalue weighted by atomic mass is 32.2. The lowest BCUT2D eigenvalue weighted by Gasteiger charge is -2.27. The van der Waals surface area contributed by atoms with Gasteiger partial charge < -0.3 is 9.72 Å². The van der Waals surface area contributed by atoms with Gasteiger partial charge >= 0.3 is 5.97 Å². The van der Waals surface area contributed by atoms with Gasteiger partial charge in [-0.3, -0.25) is 4.79 Å². The van der Waals surface area contributed by atoms with Gasteiger partial charge in [-0.2, -0.15) is 4.31 Å². The highest BCUT2D eigenvalue weighted by Gasteiger charge is 2.33. The number of aromatic nitrogens is 1. The van der Waals surface area contributed by atoms with E-state index in [9.17, 15) is 13.2 Å². The van der Waals surface area contributed by atoms with E-state index in [0.717, 1.165) is 22.2 Å². The van der Waals surface area contributed by atoms with Gasteiger partial charge in [0.2, 0.25) is 10.0 Å². The molecule has 7 heteroatoms. The van der Waals surface area contributed by atoms with E-state index >= 15 is 0 Å². The van der Waals surface area contributed by atoms with Gasteiger partial charge in [0.15, 0.2) is 0 Å². The molecule has 2 heterocycles. The molecule has 0 radical (unpaired) electrons. The quantitative estimate of drug-likeness (QED) is 0.666. The van der Waals surface area contributed by atoms with Gasteiger partial charge in [0.25, 0.3) is 0 Å². The second-order valence-electron chi connectivity index (χ2n) is 7.12. The van der Waals surface area contributed by atoms with Crippen LogP contribution in [0.1, 0.15) is 30.5 Å². The van der Waals surface area contributed by atoms with Crippen molar-refractivity contribution in [2.75, 3.05) is 19.7 Å². The Morgan fingerprint density at radius 2 is 1.83 bits per heavy atom. The summed E-state index contributed by atoms with van der Waals surface area (Å²) in [6.07, 6.45) is 0.895. The van der Waals surface area contributed by atoms with Gasteiger partial charge in [-0.25, -0.2) is 8.42 Å². The van der Waals surface area contributed by atoms with Crippen LogP contribution in [0, 0.1) is 0 Å². The first-order chi connectivity index (χ1) is 14.0. The van der Waals surface area contributed by atoms with Crippen molar-refractivity contribution in [2.45, 2.75) is 30.6 Å². The fourth-order valence-corrected chi connectivity index (χ4v) is 5.49. The van der Waals surface area contributed by atoms with Crippen LogP contribution in [0.2, 0.25) is 0 Å². The summed E-state index contributed by atoms with van der Waals surface area (Å²) in [6.45, 7) is 2.69. The highest BCUT2D eigenvalue weighted by molar-refractivity contribution is 7.89. The number of esters is 1. The first-order valence-electron chi connectivity index (χ1n) is 9.83. The second-order valence-corrected chi connectivity index (χ2v) is 9.06. The van der Waals surface area contributed by atoms with Crippen LogP contribution >= 0.6 is 0 Å². The SMILES string of the molecule is CCOC(=O)C1CCN(S(=O)(=O)c2ccccc2)CCc2c1[nH]c1ccccc21. The Balaban J connectivity index is 1.75. The zero-order chi connectivity index (χ0) is 20.4. The van der Waals surface area contributed by atoms with Crippen LogP contribution in [-0.4, -0.2) is 43.4 Å². The van der Waals surface area contributed by atoms with Gasteiger partial charge in [0.05, 0.1) is 17.4 Å². The van der Waals surface area contributed by atoms with Gasteiger partial charge in [-0.1, -0.05) is 36.4 Å². The Bertz CT molecular complexity index is 1120. The van der Waals surface area contributed by atoms with Crippen molar-refractivity contribution in [1.82, 2.24) is 9.29 Å². The molecular formula is C22H24N2O4S. The fourth-order valence-electron chi connectivity index (χ4n) is 4.01. The molecule has 3 aromatic rings. The Morgan fingerprint density at radius 1 is 1.10 bits per heavy atom. The van der Waals surface area contributed by atoms with Crippen molar-refractivity contribution in [3.05, 3.63) is 65.9 Å². The minimum absolute atomic E-state index is 0.259. The summed E-state index contributed by atoms with van der Waals surface area (Å²) in [7, 11) is -3.63. The van der Waals surface area contributed by atoms with Crippen molar-refractivity contribution in [3.63, 3.8) is 0 Å². The number of ether oxygens (including phenoxy) is 1. The van der Waals surface area contributed by atoms with E-state index in [0.29, 0.717) is 19.4 Å². The summed E-state index contributed by atoms with van der Waals surface area (Å²) in [6, 6.07) is 16.3. The summed E-state index contributed by atoms with van der Waals surface area (Å²) >= 11 is 0. The number of carbonyl (C=O) groups is 1. The average molecular weight is 413 g/mol. The molecule has 0 spiro atoms. The molecule has 1 aromatic heterocycles. The monoisotopic (exact) mass is 412 g/mol. The summed E-state index contributed by atoms with van der Waals surface area (Å²) in [5.41, 5.74) is 2.79. The van der Waals surface area contributed by atoms with E-state index in [-0.39, 0.29) is 24.0 Å². The Hall–Kier alpha value is -2.64. The highest BCUT2D eigenvalue weighted by Crippen LogP contribution is 2.34. The molecule has 1 aliphatic heterocycles. The molecule has 0 saturated carbocycles. The standard InChI is InChI=1S/C22H24N2O4S/c1-2-28-22(25)19-13-15-24(29(26,27)16-8-4-3-5-9-16)14-12-18-17-10-6-7-11-20(17)23-21(18)19/h3-11,19,23H,2,12-15H2,1H3. The predicted molar refractivity (Wildman–Crippen MR) is 111 cm³/mol. The molecule has 1 aliphatic rings. The van der Waals surface area contributed by atoms with Crippen LogP contribution in [0.4, 0.5) is 0 Å². The average Bonchev–Trinajstić information content (AvgIpc) is 3.06. The Kier molecular flexibility index (Phi) is 5.43. The number of sulfonamides is 1. The summed E-state index contributed by atoms with van der Waals surface area (Å²) in [5.74, 6) is -0.842.